The predicted octanol–water partition coefficient (Wildman–Crippen LogP) is 2.26. The minimum atomic E-state index is -0.388. The number of rotatable bonds is 4. The molecule has 142 valence electrons. The van der Waals surface area contributed by atoms with Crippen LogP contribution >= 0.6 is 0 Å². The van der Waals surface area contributed by atoms with Crippen LogP contribution in [0.2, 0.25) is 0 Å². The summed E-state index contributed by atoms with van der Waals surface area (Å²) in [6.07, 6.45) is 6.88. The number of hydrogen-bond donors (Lipinski definition) is 0. The van der Waals surface area contributed by atoms with Gasteiger partial charge in [0.2, 0.25) is 0 Å². The smallest absolute Gasteiger partial charge is 0.293 e. The van der Waals surface area contributed by atoms with Crippen LogP contribution in [0.3, 0.4) is 0 Å². The third kappa shape index (κ3) is 3.49. The van der Waals surface area contributed by atoms with Gasteiger partial charge in [0.1, 0.15) is 18.3 Å². The van der Waals surface area contributed by atoms with E-state index in [1.165, 1.54) is 12.4 Å². The number of carbonyl (C=O) groups is 1. The van der Waals surface area contributed by atoms with Crippen molar-refractivity contribution in [2.75, 3.05) is 31.1 Å². The Bertz CT molecular complexity index is 824. The van der Waals surface area contributed by atoms with Gasteiger partial charge in [-0.05, 0) is 37.8 Å². The first kappa shape index (κ1) is 17.4. The quantitative estimate of drug-likeness (QED) is 0.605. The van der Waals surface area contributed by atoms with Gasteiger partial charge in [0.15, 0.2) is 0 Å². The number of amides is 1. The van der Waals surface area contributed by atoms with Gasteiger partial charge >= 0.3 is 0 Å². The van der Waals surface area contributed by atoms with Crippen molar-refractivity contribution in [3.05, 3.63) is 46.5 Å². The fourth-order valence-electron chi connectivity index (χ4n) is 3.95. The maximum absolute atomic E-state index is 12.9. The molecule has 1 amide bonds. The molecule has 9 heteroatoms. The molecule has 27 heavy (non-hydrogen) atoms. The maximum Gasteiger partial charge on any atom is 0.293 e. The number of benzene rings is 1. The van der Waals surface area contributed by atoms with Gasteiger partial charge in [-0.2, -0.15) is 5.10 Å². The molecule has 0 spiro atoms. The maximum atomic E-state index is 12.9. The average molecular weight is 370 g/mol. The standard InChI is InChI=1S/C18H22N6O3/c25-18(22-9-5-15(6-10-22)23-13-19-12-20-23)14-3-4-16(17(11-14)24(26)27)21-7-1-2-8-21/h3-4,11-13,15H,1-2,5-10H2. The fraction of sp³-hybridized carbons (Fsp3) is 0.500. The van der Waals surface area contributed by atoms with E-state index >= 15 is 0 Å². The first-order valence-corrected chi connectivity index (χ1v) is 9.30. The molecule has 1 aromatic carbocycles. The molecule has 0 N–H and O–H groups in total. The highest BCUT2D eigenvalue weighted by Crippen LogP contribution is 2.32. The van der Waals surface area contributed by atoms with Gasteiger partial charge in [0, 0.05) is 37.8 Å². The SMILES string of the molecule is O=C(c1ccc(N2CCCC2)c([N+](=O)[O-])c1)N1CCC(n2cncn2)CC1. The van der Waals surface area contributed by atoms with E-state index in [-0.39, 0.29) is 22.6 Å². The summed E-state index contributed by atoms with van der Waals surface area (Å²) in [5.74, 6) is -0.150. The Balaban J connectivity index is 1.49. The number of aromatic nitrogens is 3. The first-order valence-electron chi connectivity index (χ1n) is 9.30. The van der Waals surface area contributed by atoms with Crippen LogP contribution in [0.15, 0.2) is 30.9 Å². The molecule has 0 saturated carbocycles. The van der Waals surface area contributed by atoms with Crippen molar-refractivity contribution in [2.24, 2.45) is 0 Å². The van der Waals surface area contributed by atoms with Crippen LogP contribution in [0, 0.1) is 10.1 Å². The molecule has 3 heterocycles. The van der Waals surface area contributed by atoms with E-state index in [9.17, 15) is 14.9 Å². The lowest BCUT2D eigenvalue weighted by atomic mass is 10.0. The van der Waals surface area contributed by atoms with Gasteiger partial charge in [-0.1, -0.05) is 0 Å². The number of nitro groups is 1. The van der Waals surface area contributed by atoms with E-state index < -0.39 is 0 Å². The third-order valence-electron chi connectivity index (χ3n) is 5.43. The molecule has 0 unspecified atom stereocenters. The Labute approximate surface area is 156 Å². The number of piperidine rings is 1. The number of nitro benzene ring substituents is 1. The van der Waals surface area contributed by atoms with Crippen molar-refractivity contribution in [1.29, 1.82) is 0 Å². The summed E-state index contributed by atoms with van der Waals surface area (Å²) in [7, 11) is 0. The van der Waals surface area contributed by atoms with E-state index in [0.29, 0.717) is 24.3 Å². The lowest BCUT2D eigenvalue weighted by Crippen LogP contribution is -2.39. The molecule has 2 saturated heterocycles. The highest BCUT2D eigenvalue weighted by molar-refractivity contribution is 5.96. The summed E-state index contributed by atoms with van der Waals surface area (Å²) in [6.45, 7) is 2.85. The van der Waals surface area contributed by atoms with Crippen LogP contribution in [0.5, 0.6) is 0 Å². The Hall–Kier alpha value is -2.97. The summed E-state index contributed by atoms with van der Waals surface area (Å²) in [5.41, 5.74) is 1.00. The molecular weight excluding hydrogens is 348 g/mol. The number of carbonyl (C=O) groups excluding carboxylic acids is 1. The molecule has 2 aromatic rings. The van der Waals surface area contributed by atoms with Crippen molar-refractivity contribution in [1.82, 2.24) is 19.7 Å². The summed E-state index contributed by atoms with van der Waals surface area (Å²) in [5, 5.41) is 15.7. The Kier molecular flexibility index (Phi) is 4.74. The number of likely N-dealkylation sites (tertiary alicyclic amines) is 1. The molecule has 2 aliphatic rings. The van der Waals surface area contributed by atoms with E-state index in [1.807, 2.05) is 9.58 Å². The number of nitrogens with zero attached hydrogens (tertiary/aromatic N) is 6. The average Bonchev–Trinajstić information content (AvgIpc) is 3.41. The van der Waals surface area contributed by atoms with Crippen LogP contribution in [0.1, 0.15) is 42.1 Å². The first-order chi connectivity index (χ1) is 13.1. The predicted molar refractivity (Wildman–Crippen MR) is 98.7 cm³/mol. The van der Waals surface area contributed by atoms with Crippen molar-refractivity contribution < 1.29 is 9.72 Å². The monoisotopic (exact) mass is 370 g/mol. The van der Waals surface area contributed by atoms with Crippen molar-refractivity contribution in [3.8, 4) is 0 Å². The normalized spacial score (nSPS) is 18.1. The van der Waals surface area contributed by atoms with Crippen molar-refractivity contribution in [2.45, 2.75) is 31.7 Å². The zero-order chi connectivity index (χ0) is 18.8. The van der Waals surface area contributed by atoms with E-state index in [0.717, 1.165) is 38.8 Å². The molecule has 2 aliphatic heterocycles. The van der Waals surface area contributed by atoms with Crippen LogP contribution in [-0.2, 0) is 0 Å². The molecule has 2 fully saturated rings. The lowest BCUT2D eigenvalue weighted by Gasteiger charge is -2.32. The number of anilines is 1. The second-order valence-electron chi connectivity index (χ2n) is 7.05. The van der Waals surface area contributed by atoms with Crippen molar-refractivity contribution in [3.63, 3.8) is 0 Å². The van der Waals surface area contributed by atoms with Gasteiger partial charge in [-0.25, -0.2) is 9.67 Å². The molecule has 0 radical (unpaired) electrons. The van der Waals surface area contributed by atoms with Gasteiger partial charge in [0.05, 0.1) is 11.0 Å². The minimum absolute atomic E-state index is 0.0141. The lowest BCUT2D eigenvalue weighted by molar-refractivity contribution is -0.384. The fourth-order valence-corrected chi connectivity index (χ4v) is 3.95. The largest absolute Gasteiger partial charge is 0.366 e. The zero-order valence-corrected chi connectivity index (χ0v) is 15.0. The highest BCUT2D eigenvalue weighted by atomic mass is 16.6. The van der Waals surface area contributed by atoms with Gasteiger partial charge in [-0.15, -0.1) is 0 Å². The minimum Gasteiger partial charge on any atom is -0.366 e. The molecule has 0 bridgehead atoms. The van der Waals surface area contributed by atoms with Crippen molar-refractivity contribution >= 4 is 17.3 Å². The summed E-state index contributed by atoms with van der Waals surface area (Å²) < 4.78 is 1.83. The second kappa shape index (κ2) is 7.34. The molecule has 0 atom stereocenters. The molecule has 9 nitrogen and oxygen atoms in total. The number of hydrogen-bond acceptors (Lipinski definition) is 6. The molecule has 1 aromatic heterocycles. The molecule has 4 rings (SSSR count). The van der Waals surface area contributed by atoms with Crippen LogP contribution in [0.25, 0.3) is 0 Å². The van der Waals surface area contributed by atoms with Gasteiger partial charge in [0.25, 0.3) is 11.6 Å². The molecular formula is C18H22N6O3. The highest BCUT2D eigenvalue weighted by Gasteiger charge is 2.28. The summed E-state index contributed by atoms with van der Waals surface area (Å²) >= 11 is 0. The van der Waals surface area contributed by atoms with Crippen LogP contribution in [0.4, 0.5) is 11.4 Å². The van der Waals surface area contributed by atoms with E-state index in [2.05, 4.69) is 10.1 Å². The summed E-state index contributed by atoms with van der Waals surface area (Å²) in [4.78, 5) is 31.8. The van der Waals surface area contributed by atoms with Crippen LogP contribution in [-0.4, -0.2) is 56.7 Å². The Morgan fingerprint density at radius 2 is 1.89 bits per heavy atom. The van der Waals surface area contributed by atoms with Gasteiger partial charge < -0.3 is 9.80 Å². The summed E-state index contributed by atoms with van der Waals surface area (Å²) in [6, 6.07) is 5.11. The molecule has 0 aliphatic carbocycles. The Morgan fingerprint density at radius 3 is 2.52 bits per heavy atom. The second-order valence-corrected chi connectivity index (χ2v) is 7.05. The third-order valence-corrected chi connectivity index (χ3v) is 5.43. The zero-order valence-electron chi connectivity index (χ0n) is 15.0. The van der Waals surface area contributed by atoms with Crippen LogP contribution < -0.4 is 4.90 Å². The Morgan fingerprint density at radius 1 is 1.15 bits per heavy atom. The van der Waals surface area contributed by atoms with Gasteiger partial charge in [-0.3, -0.25) is 14.9 Å². The van der Waals surface area contributed by atoms with E-state index in [1.54, 1.807) is 23.4 Å². The van der Waals surface area contributed by atoms with E-state index in [4.69, 9.17) is 0 Å². The topological polar surface area (TPSA) is 97.4 Å².